The Hall–Kier alpha value is -1.13. The summed E-state index contributed by atoms with van der Waals surface area (Å²) in [5.74, 6) is -0.0266. The van der Waals surface area contributed by atoms with Crippen molar-refractivity contribution in [3.05, 3.63) is 45.4 Å². The molecular formula is C14H17BrN2O. The third kappa shape index (κ3) is 3.43. The van der Waals surface area contributed by atoms with E-state index in [0.717, 1.165) is 29.5 Å². The Morgan fingerprint density at radius 1 is 1.50 bits per heavy atom. The molecule has 1 amide bonds. The van der Waals surface area contributed by atoms with Gasteiger partial charge >= 0.3 is 0 Å². The van der Waals surface area contributed by atoms with Crippen molar-refractivity contribution in [3.8, 4) is 0 Å². The smallest absolute Gasteiger partial charge is 0.252 e. The lowest BCUT2D eigenvalue weighted by Gasteiger charge is -2.15. The molecule has 1 aromatic carbocycles. The number of halogens is 1. The number of nitrogens with one attached hydrogen (secondary N) is 2. The maximum absolute atomic E-state index is 12.0. The topological polar surface area (TPSA) is 41.1 Å². The molecule has 2 rings (SSSR count). The van der Waals surface area contributed by atoms with Crippen molar-refractivity contribution >= 4 is 21.8 Å². The molecule has 2 N–H and O–H groups in total. The van der Waals surface area contributed by atoms with Crippen LogP contribution in [0.4, 0.5) is 0 Å². The molecule has 0 unspecified atom stereocenters. The zero-order valence-electron chi connectivity index (χ0n) is 10.4. The van der Waals surface area contributed by atoms with E-state index >= 15 is 0 Å². The van der Waals surface area contributed by atoms with E-state index < -0.39 is 0 Å². The fourth-order valence-corrected chi connectivity index (χ4v) is 2.60. The van der Waals surface area contributed by atoms with Gasteiger partial charge in [0, 0.05) is 17.6 Å². The molecule has 1 heterocycles. The fraction of sp³-hybridized carbons (Fsp3) is 0.357. The summed E-state index contributed by atoms with van der Waals surface area (Å²) in [6.45, 7) is 4.54. The minimum absolute atomic E-state index is 0.0266. The van der Waals surface area contributed by atoms with E-state index in [0.29, 0.717) is 12.1 Å². The summed E-state index contributed by atoms with van der Waals surface area (Å²) in [6.07, 6.45) is 3.16. The number of rotatable bonds is 3. The number of hydrogen-bond donors (Lipinski definition) is 2. The maximum atomic E-state index is 12.0. The molecule has 0 aromatic heterocycles. The number of carbonyl (C=O) groups excluding carboxylic acids is 1. The van der Waals surface area contributed by atoms with E-state index in [4.69, 9.17) is 0 Å². The molecule has 96 valence electrons. The van der Waals surface area contributed by atoms with Gasteiger partial charge in [-0.1, -0.05) is 17.7 Å². The minimum atomic E-state index is -0.0266. The first-order valence-electron chi connectivity index (χ1n) is 6.10. The summed E-state index contributed by atoms with van der Waals surface area (Å²) in [4.78, 5) is 12.0. The summed E-state index contributed by atoms with van der Waals surface area (Å²) in [6, 6.07) is 5.76. The molecule has 0 saturated carbocycles. The van der Waals surface area contributed by atoms with Gasteiger partial charge in [0.1, 0.15) is 0 Å². The normalized spacial score (nSPS) is 15.1. The van der Waals surface area contributed by atoms with Gasteiger partial charge in [-0.15, -0.1) is 0 Å². The Bertz CT molecular complexity index is 483. The van der Waals surface area contributed by atoms with Gasteiger partial charge in [-0.05, 0) is 53.5 Å². The minimum Gasteiger partial charge on any atom is -0.348 e. The molecule has 1 aliphatic rings. The quantitative estimate of drug-likeness (QED) is 0.842. The van der Waals surface area contributed by atoms with E-state index in [2.05, 4.69) is 32.6 Å². The summed E-state index contributed by atoms with van der Waals surface area (Å²) >= 11 is 3.43. The predicted octanol–water partition coefficient (Wildman–Crippen LogP) is 2.41. The van der Waals surface area contributed by atoms with Gasteiger partial charge < -0.3 is 10.6 Å². The Morgan fingerprint density at radius 3 is 3.00 bits per heavy atom. The second-order valence-corrected chi connectivity index (χ2v) is 5.34. The van der Waals surface area contributed by atoms with Crippen LogP contribution in [0.25, 0.3) is 0 Å². The van der Waals surface area contributed by atoms with Gasteiger partial charge in [0.15, 0.2) is 0 Å². The van der Waals surface area contributed by atoms with E-state index in [9.17, 15) is 4.79 Å². The highest BCUT2D eigenvalue weighted by Gasteiger charge is 2.10. The van der Waals surface area contributed by atoms with E-state index in [-0.39, 0.29) is 5.91 Å². The van der Waals surface area contributed by atoms with Crippen LogP contribution < -0.4 is 10.6 Å². The van der Waals surface area contributed by atoms with Crippen LogP contribution in [0, 0.1) is 6.92 Å². The summed E-state index contributed by atoms with van der Waals surface area (Å²) in [7, 11) is 0. The van der Waals surface area contributed by atoms with Gasteiger partial charge in [-0.2, -0.15) is 0 Å². The second-order valence-electron chi connectivity index (χ2n) is 4.48. The lowest BCUT2D eigenvalue weighted by molar-refractivity contribution is 0.0956. The predicted molar refractivity (Wildman–Crippen MR) is 76.8 cm³/mol. The first kappa shape index (κ1) is 13.3. The fourth-order valence-electron chi connectivity index (χ4n) is 1.92. The maximum Gasteiger partial charge on any atom is 0.252 e. The molecular weight excluding hydrogens is 292 g/mol. The van der Waals surface area contributed by atoms with Crippen LogP contribution in [-0.2, 0) is 0 Å². The van der Waals surface area contributed by atoms with Crippen LogP contribution in [0.3, 0.4) is 0 Å². The van der Waals surface area contributed by atoms with Crippen LogP contribution in [0.15, 0.2) is 34.3 Å². The lowest BCUT2D eigenvalue weighted by atomic mass is 10.1. The van der Waals surface area contributed by atoms with Crippen LogP contribution in [0.2, 0.25) is 0 Å². The van der Waals surface area contributed by atoms with Crippen LogP contribution in [-0.4, -0.2) is 25.5 Å². The van der Waals surface area contributed by atoms with Gasteiger partial charge in [0.25, 0.3) is 5.91 Å². The third-order valence-corrected chi connectivity index (χ3v) is 3.66. The van der Waals surface area contributed by atoms with Crippen molar-refractivity contribution in [1.82, 2.24) is 10.6 Å². The van der Waals surface area contributed by atoms with Crippen molar-refractivity contribution in [2.24, 2.45) is 0 Å². The average molecular weight is 309 g/mol. The molecule has 0 atom stereocenters. The van der Waals surface area contributed by atoms with Crippen molar-refractivity contribution in [2.45, 2.75) is 13.3 Å². The van der Waals surface area contributed by atoms with Crippen molar-refractivity contribution < 1.29 is 4.79 Å². The molecule has 0 fully saturated rings. The Kier molecular flexibility index (Phi) is 4.55. The lowest BCUT2D eigenvalue weighted by Crippen LogP contribution is -2.29. The first-order chi connectivity index (χ1) is 8.66. The molecule has 3 nitrogen and oxygen atoms in total. The molecule has 1 aromatic rings. The van der Waals surface area contributed by atoms with Crippen molar-refractivity contribution in [2.75, 3.05) is 19.6 Å². The molecule has 0 saturated heterocycles. The Labute approximate surface area is 116 Å². The molecule has 4 heteroatoms. The van der Waals surface area contributed by atoms with Crippen molar-refractivity contribution in [1.29, 1.82) is 0 Å². The summed E-state index contributed by atoms with van der Waals surface area (Å²) in [5.41, 5.74) is 3.12. The molecule has 0 aliphatic carbocycles. The van der Waals surface area contributed by atoms with E-state index in [1.807, 2.05) is 25.1 Å². The van der Waals surface area contributed by atoms with E-state index in [1.165, 1.54) is 5.57 Å². The van der Waals surface area contributed by atoms with Crippen LogP contribution >= 0.6 is 15.9 Å². The Balaban J connectivity index is 1.97. The highest BCUT2D eigenvalue weighted by atomic mass is 79.9. The highest BCUT2D eigenvalue weighted by molar-refractivity contribution is 9.10. The molecule has 18 heavy (non-hydrogen) atoms. The highest BCUT2D eigenvalue weighted by Crippen LogP contribution is 2.18. The number of amides is 1. The zero-order valence-corrected chi connectivity index (χ0v) is 12.0. The van der Waals surface area contributed by atoms with Gasteiger partial charge in [0.05, 0.1) is 5.56 Å². The second kappa shape index (κ2) is 6.16. The standard InChI is InChI=1S/C14H17BrN2O/c1-10-2-3-12(13(15)8-10)14(18)17-9-11-4-6-16-7-5-11/h2-4,8,16H,5-7,9H2,1H3,(H,17,18). The average Bonchev–Trinajstić information content (AvgIpc) is 2.37. The molecule has 0 radical (unpaired) electrons. The molecule has 0 bridgehead atoms. The summed E-state index contributed by atoms with van der Waals surface area (Å²) < 4.78 is 0.847. The number of aryl methyl sites for hydroxylation is 1. The Morgan fingerprint density at radius 2 is 2.33 bits per heavy atom. The SMILES string of the molecule is Cc1ccc(C(=O)NCC2=CCNCC2)c(Br)c1. The van der Waals surface area contributed by atoms with E-state index in [1.54, 1.807) is 0 Å². The monoisotopic (exact) mass is 308 g/mol. The molecule has 0 spiro atoms. The zero-order chi connectivity index (χ0) is 13.0. The number of carbonyl (C=O) groups is 1. The van der Waals surface area contributed by atoms with Gasteiger partial charge in [-0.3, -0.25) is 4.79 Å². The van der Waals surface area contributed by atoms with Crippen LogP contribution in [0.5, 0.6) is 0 Å². The van der Waals surface area contributed by atoms with Crippen molar-refractivity contribution in [3.63, 3.8) is 0 Å². The largest absolute Gasteiger partial charge is 0.348 e. The number of hydrogen-bond acceptors (Lipinski definition) is 2. The van der Waals surface area contributed by atoms with Gasteiger partial charge in [0.2, 0.25) is 0 Å². The van der Waals surface area contributed by atoms with Crippen LogP contribution in [0.1, 0.15) is 22.3 Å². The molecule has 1 aliphatic heterocycles. The summed E-state index contributed by atoms with van der Waals surface area (Å²) in [5, 5.41) is 6.22. The number of benzene rings is 1. The van der Waals surface area contributed by atoms with Gasteiger partial charge in [-0.25, -0.2) is 0 Å². The first-order valence-corrected chi connectivity index (χ1v) is 6.89. The third-order valence-electron chi connectivity index (χ3n) is 3.00.